The lowest BCUT2D eigenvalue weighted by Crippen LogP contribution is -2.28. The van der Waals surface area contributed by atoms with Gasteiger partial charge < -0.3 is 15.1 Å². The number of aliphatic hydroxyl groups excluding tert-OH is 1. The van der Waals surface area contributed by atoms with Gasteiger partial charge in [-0.05, 0) is 24.3 Å². The highest BCUT2D eigenvalue weighted by atomic mass is 35.5. The molecule has 138 valence electrons. The van der Waals surface area contributed by atoms with Crippen LogP contribution < -0.4 is 0 Å². The van der Waals surface area contributed by atoms with Gasteiger partial charge in [-0.15, -0.1) is 0 Å². The average Bonchev–Trinajstić information content (AvgIpc) is 2.70. The average molecular weight is 393 g/mol. The van der Waals surface area contributed by atoms with Gasteiger partial charge in [0.2, 0.25) is 0 Å². The van der Waals surface area contributed by atoms with Crippen LogP contribution in [0.25, 0.3) is 5.76 Å². The second kappa shape index (κ2) is 9.09. The highest BCUT2D eigenvalue weighted by Gasteiger charge is 2.21. The van der Waals surface area contributed by atoms with Crippen LogP contribution in [0.1, 0.15) is 16.7 Å². The third kappa shape index (κ3) is 4.59. The number of carbonyl (C=O) groups is 1. The Balaban J connectivity index is 2.29. The second-order valence-electron chi connectivity index (χ2n) is 5.50. The minimum Gasteiger partial charge on any atom is -0.506 e. The first kappa shape index (κ1) is 20.3. The number of aliphatic hydroxyl groups is 1. The summed E-state index contributed by atoms with van der Waals surface area (Å²) < 4.78 is 0. The molecule has 1 heterocycles. The zero-order valence-electron chi connectivity index (χ0n) is 14.6. The van der Waals surface area contributed by atoms with Gasteiger partial charge in [-0.3, -0.25) is 9.78 Å². The molecule has 0 aliphatic heterocycles. The number of aromatic hydroxyl groups is 1. The van der Waals surface area contributed by atoms with Crippen molar-refractivity contribution >= 4 is 23.3 Å². The van der Waals surface area contributed by atoms with Gasteiger partial charge in [0.05, 0.1) is 17.1 Å². The molecule has 0 spiro atoms. The van der Waals surface area contributed by atoms with Gasteiger partial charge in [-0.1, -0.05) is 23.4 Å². The zero-order valence-corrected chi connectivity index (χ0v) is 15.4. The van der Waals surface area contributed by atoms with E-state index in [2.05, 4.69) is 16.8 Å². The summed E-state index contributed by atoms with van der Waals surface area (Å²) >= 11 is 5.82. The van der Waals surface area contributed by atoms with E-state index < -0.39 is 23.0 Å². The molecule has 1 amide bonds. The first-order valence-corrected chi connectivity index (χ1v) is 8.17. The summed E-state index contributed by atoms with van der Waals surface area (Å²) in [5.41, 5.74) is -0.0627. The van der Waals surface area contributed by atoms with Gasteiger partial charge >= 0.3 is 0 Å². The van der Waals surface area contributed by atoms with E-state index in [1.807, 2.05) is 0 Å². The van der Waals surface area contributed by atoms with E-state index >= 15 is 0 Å². The molecule has 0 aliphatic carbocycles. The predicted octanol–water partition coefficient (Wildman–Crippen LogP) is 2.62. The number of rotatable bonds is 3. The van der Waals surface area contributed by atoms with Crippen LogP contribution in [0.4, 0.5) is 0 Å². The molecule has 0 saturated heterocycles. The van der Waals surface area contributed by atoms with Crippen molar-refractivity contribution in [1.82, 2.24) is 9.88 Å². The topological polar surface area (TPSA) is 121 Å². The Bertz CT molecular complexity index is 1090. The van der Waals surface area contributed by atoms with Crippen molar-refractivity contribution in [3.63, 3.8) is 0 Å². The number of phenols is 1. The highest BCUT2D eigenvalue weighted by molar-refractivity contribution is 6.32. The number of carbonyl (C=O) groups excluding carboxylic acids is 1. The fraction of sp³-hybridized carbons (Fsp3) is 0.100. The maximum atomic E-state index is 12.5. The number of nitriles is 2. The smallest absolute Gasteiger partial charge is 0.268 e. The molecule has 0 saturated carbocycles. The molecular formula is C20H13ClN4O3. The van der Waals surface area contributed by atoms with Crippen molar-refractivity contribution in [3.05, 3.63) is 63.9 Å². The molecule has 1 aromatic heterocycles. The lowest BCUT2D eigenvalue weighted by molar-refractivity contribution is -0.124. The van der Waals surface area contributed by atoms with Crippen molar-refractivity contribution < 1.29 is 15.0 Å². The molecular weight excluding hydrogens is 380 g/mol. The quantitative estimate of drug-likeness (QED) is 0.358. The van der Waals surface area contributed by atoms with Gasteiger partial charge in [0.25, 0.3) is 5.91 Å². The molecule has 0 aliphatic rings. The van der Waals surface area contributed by atoms with E-state index in [1.54, 1.807) is 36.7 Å². The summed E-state index contributed by atoms with van der Waals surface area (Å²) in [6.07, 6.45) is 3.18. The fourth-order valence-corrected chi connectivity index (χ4v) is 2.34. The van der Waals surface area contributed by atoms with Crippen LogP contribution in [0.15, 0.2) is 42.2 Å². The number of benzene rings is 1. The Kier molecular flexibility index (Phi) is 6.60. The number of aromatic nitrogens is 1. The molecule has 2 N–H and O–H groups in total. The SMILES string of the molecule is CN(CC#Cc1ccncc1)C(=O)/C(C#N)=C(\O)c1cc(Cl)c(O)c(C#N)c1. The van der Waals surface area contributed by atoms with Crippen molar-refractivity contribution in [2.75, 3.05) is 13.6 Å². The van der Waals surface area contributed by atoms with Gasteiger partial charge in [-0.25, -0.2) is 0 Å². The van der Waals surface area contributed by atoms with E-state index in [0.717, 1.165) is 22.6 Å². The summed E-state index contributed by atoms with van der Waals surface area (Å²) in [6.45, 7) is 0.0133. The van der Waals surface area contributed by atoms with Crippen LogP contribution >= 0.6 is 11.6 Å². The fourth-order valence-electron chi connectivity index (χ4n) is 2.13. The minimum atomic E-state index is -0.758. The third-order valence-corrected chi connectivity index (χ3v) is 3.88. The lowest BCUT2D eigenvalue weighted by Gasteiger charge is -2.14. The van der Waals surface area contributed by atoms with Gasteiger partial charge in [0, 0.05) is 30.6 Å². The van der Waals surface area contributed by atoms with Gasteiger partial charge in [-0.2, -0.15) is 10.5 Å². The maximum Gasteiger partial charge on any atom is 0.268 e. The molecule has 0 unspecified atom stereocenters. The number of hydrogen-bond donors (Lipinski definition) is 2. The van der Waals surface area contributed by atoms with E-state index in [1.165, 1.54) is 7.05 Å². The van der Waals surface area contributed by atoms with E-state index in [-0.39, 0.29) is 22.7 Å². The number of hydrogen-bond acceptors (Lipinski definition) is 6. The Hall–Kier alpha value is -3.99. The van der Waals surface area contributed by atoms with Crippen molar-refractivity contribution in [2.24, 2.45) is 0 Å². The van der Waals surface area contributed by atoms with Crippen LogP contribution in [0.5, 0.6) is 5.75 Å². The van der Waals surface area contributed by atoms with Gasteiger partial charge in [0.15, 0.2) is 11.3 Å². The van der Waals surface area contributed by atoms with Crippen LogP contribution in [0, 0.1) is 34.5 Å². The first-order chi connectivity index (χ1) is 13.4. The van der Waals surface area contributed by atoms with E-state index in [0.29, 0.717) is 0 Å². The molecule has 7 nitrogen and oxygen atoms in total. The largest absolute Gasteiger partial charge is 0.506 e. The summed E-state index contributed by atoms with van der Waals surface area (Å²) in [5.74, 6) is 3.78. The zero-order chi connectivity index (χ0) is 20.7. The molecule has 8 heteroatoms. The monoisotopic (exact) mass is 392 g/mol. The third-order valence-electron chi connectivity index (χ3n) is 3.60. The summed E-state index contributed by atoms with van der Waals surface area (Å²) in [4.78, 5) is 17.5. The highest BCUT2D eigenvalue weighted by Crippen LogP contribution is 2.31. The number of halogens is 1. The summed E-state index contributed by atoms with van der Waals surface area (Å²) in [6, 6.07) is 9.07. The number of phenolic OH excluding ortho intramolecular Hbond substituents is 1. The molecule has 2 rings (SSSR count). The number of amides is 1. The van der Waals surface area contributed by atoms with Crippen LogP contribution in [0.2, 0.25) is 5.02 Å². The van der Waals surface area contributed by atoms with Crippen LogP contribution in [-0.2, 0) is 4.79 Å². The first-order valence-electron chi connectivity index (χ1n) is 7.79. The number of likely N-dealkylation sites (N-methyl/N-ethyl adjacent to an activating group) is 1. The van der Waals surface area contributed by atoms with Gasteiger partial charge in [0.1, 0.15) is 17.9 Å². The Morgan fingerprint density at radius 1 is 1.29 bits per heavy atom. The molecule has 0 fully saturated rings. The van der Waals surface area contributed by atoms with Crippen molar-refractivity contribution in [2.45, 2.75) is 0 Å². The molecule has 0 atom stereocenters. The standard InChI is InChI=1S/C20H13ClN4O3/c1-25(8-2-3-13-4-6-24-7-5-13)20(28)16(12-23)18(26)14-9-15(11-22)19(27)17(21)10-14/h4-7,9-10,26-27H,8H2,1H3/b18-16-. The van der Waals surface area contributed by atoms with Crippen molar-refractivity contribution in [3.8, 4) is 29.7 Å². The molecule has 1 aromatic carbocycles. The second-order valence-corrected chi connectivity index (χ2v) is 5.91. The van der Waals surface area contributed by atoms with Crippen LogP contribution in [-0.4, -0.2) is 39.6 Å². The molecule has 28 heavy (non-hydrogen) atoms. The maximum absolute atomic E-state index is 12.5. The number of nitrogens with zero attached hydrogens (tertiary/aromatic N) is 4. The molecule has 0 radical (unpaired) electrons. The normalized spacial score (nSPS) is 10.6. The van der Waals surface area contributed by atoms with E-state index in [4.69, 9.17) is 16.9 Å². The lowest BCUT2D eigenvalue weighted by atomic mass is 10.0. The Labute approximate surface area is 166 Å². The molecule has 2 aromatic rings. The summed E-state index contributed by atoms with van der Waals surface area (Å²) in [7, 11) is 1.43. The summed E-state index contributed by atoms with van der Waals surface area (Å²) in [5, 5.41) is 38.2. The minimum absolute atomic E-state index is 0.0133. The Morgan fingerprint density at radius 2 is 1.96 bits per heavy atom. The van der Waals surface area contributed by atoms with Crippen molar-refractivity contribution in [1.29, 1.82) is 10.5 Å². The predicted molar refractivity (Wildman–Crippen MR) is 102 cm³/mol. The Morgan fingerprint density at radius 3 is 2.57 bits per heavy atom. The van der Waals surface area contributed by atoms with E-state index in [9.17, 15) is 20.3 Å². The number of pyridine rings is 1. The molecule has 0 bridgehead atoms. The van der Waals surface area contributed by atoms with Crippen LogP contribution in [0.3, 0.4) is 0 Å².